The fraction of sp³-hybridized carbons (Fsp3) is 0.579. The van der Waals surface area contributed by atoms with E-state index in [1.54, 1.807) is 13.2 Å². The average molecular weight is 399 g/mol. The second-order valence-electron chi connectivity index (χ2n) is 7.62. The molecule has 1 aliphatic heterocycles. The lowest BCUT2D eigenvalue weighted by Crippen LogP contribution is -2.54. The van der Waals surface area contributed by atoms with Gasteiger partial charge in [-0.15, -0.1) is 12.4 Å². The Kier molecular flexibility index (Phi) is 8.53. The summed E-state index contributed by atoms with van der Waals surface area (Å²) < 4.78 is 5.24. The maximum Gasteiger partial charge on any atom is 0.243 e. The summed E-state index contributed by atoms with van der Waals surface area (Å²) in [6.45, 7) is 7.93. The van der Waals surface area contributed by atoms with E-state index in [0.29, 0.717) is 11.4 Å². The van der Waals surface area contributed by atoms with Crippen molar-refractivity contribution in [3.05, 3.63) is 23.8 Å². The predicted molar refractivity (Wildman–Crippen MR) is 109 cm³/mol. The number of anilines is 1. The normalized spacial score (nSPS) is 18.9. The minimum absolute atomic E-state index is 0. The SMILES string of the molecule is COc1ccc(C)cc1NC(=O)CNC(=O)CN1CCC(N)C(C)(C)C1.Cl. The summed E-state index contributed by atoms with van der Waals surface area (Å²) in [5.41, 5.74) is 7.71. The summed E-state index contributed by atoms with van der Waals surface area (Å²) in [5, 5.41) is 5.45. The molecular formula is C19H31ClN4O3. The van der Waals surface area contributed by atoms with Crippen LogP contribution in [0.3, 0.4) is 0 Å². The van der Waals surface area contributed by atoms with Gasteiger partial charge in [0.1, 0.15) is 5.75 Å². The second kappa shape index (κ2) is 9.92. The number of benzene rings is 1. The van der Waals surface area contributed by atoms with Crippen LogP contribution < -0.4 is 21.1 Å². The Labute approximate surface area is 167 Å². The van der Waals surface area contributed by atoms with Gasteiger partial charge in [-0.25, -0.2) is 0 Å². The molecule has 2 rings (SSSR count). The number of methoxy groups -OCH3 is 1. The number of carbonyl (C=O) groups excluding carboxylic acids is 2. The van der Waals surface area contributed by atoms with E-state index >= 15 is 0 Å². The Balaban J connectivity index is 0.00000364. The number of nitrogens with zero attached hydrogens (tertiary/aromatic N) is 1. The fourth-order valence-electron chi connectivity index (χ4n) is 3.17. The van der Waals surface area contributed by atoms with Crippen molar-refractivity contribution in [1.82, 2.24) is 10.2 Å². The number of ether oxygens (including phenoxy) is 1. The van der Waals surface area contributed by atoms with Crippen molar-refractivity contribution in [2.45, 2.75) is 33.2 Å². The van der Waals surface area contributed by atoms with E-state index in [4.69, 9.17) is 10.5 Å². The number of amides is 2. The van der Waals surface area contributed by atoms with Crippen LogP contribution >= 0.6 is 12.4 Å². The van der Waals surface area contributed by atoms with Gasteiger partial charge in [0.2, 0.25) is 11.8 Å². The molecular weight excluding hydrogens is 368 g/mol. The highest BCUT2D eigenvalue weighted by Crippen LogP contribution is 2.27. The summed E-state index contributed by atoms with van der Waals surface area (Å²) in [6.07, 6.45) is 0.869. The quantitative estimate of drug-likeness (QED) is 0.675. The Bertz CT molecular complexity index is 666. The molecule has 7 nitrogen and oxygen atoms in total. The van der Waals surface area contributed by atoms with Crippen molar-refractivity contribution in [1.29, 1.82) is 0 Å². The Hall–Kier alpha value is -1.83. The first kappa shape index (κ1) is 23.2. The van der Waals surface area contributed by atoms with E-state index < -0.39 is 0 Å². The van der Waals surface area contributed by atoms with Crippen molar-refractivity contribution >= 4 is 29.9 Å². The molecule has 8 heteroatoms. The van der Waals surface area contributed by atoms with Gasteiger partial charge in [0.25, 0.3) is 0 Å². The van der Waals surface area contributed by atoms with Gasteiger partial charge in [-0.3, -0.25) is 14.5 Å². The van der Waals surface area contributed by atoms with Crippen LogP contribution in [0, 0.1) is 12.3 Å². The third-order valence-electron chi connectivity index (χ3n) is 4.83. The monoisotopic (exact) mass is 398 g/mol. The maximum absolute atomic E-state index is 12.1. The standard InChI is InChI=1S/C19H30N4O3.ClH/c1-13-5-6-15(26-4)14(9-13)22-17(24)10-21-18(25)11-23-8-7-16(20)19(2,3)12-23;/h5-6,9,16H,7-8,10-12,20H2,1-4H3,(H,21,25)(H,22,24);1H. The Morgan fingerprint density at radius 3 is 2.67 bits per heavy atom. The molecule has 1 aromatic rings. The summed E-state index contributed by atoms with van der Waals surface area (Å²) in [5.74, 6) is 0.132. The number of rotatable bonds is 6. The summed E-state index contributed by atoms with van der Waals surface area (Å²) in [4.78, 5) is 26.4. The molecule has 1 aromatic carbocycles. The molecule has 1 heterocycles. The van der Waals surface area contributed by atoms with Gasteiger partial charge < -0.3 is 21.1 Å². The summed E-state index contributed by atoms with van der Waals surface area (Å²) >= 11 is 0. The van der Waals surface area contributed by atoms with Crippen molar-refractivity contribution in [2.24, 2.45) is 11.1 Å². The molecule has 1 atom stereocenters. The maximum atomic E-state index is 12.1. The van der Waals surface area contributed by atoms with Crippen molar-refractivity contribution < 1.29 is 14.3 Å². The van der Waals surface area contributed by atoms with Crippen LogP contribution in [0.2, 0.25) is 0 Å². The van der Waals surface area contributed by atoms with Crippen LogP contribution in [0.4, 0.5) is 5.69 Å². The number of piperidine rings is 1. The highest BCUT2D eigenvalue weighted by molar-refractivity contribution is 5.96. The first-order valence-corrected chi connectivity index (χ1v) is 8.90. The molecule has 152 valence electrons. The lowest BCUT2D eigenvalue weighted by molar-refractivity contribution is -0.125. The molecule has 1 saturated heterocycles. The summed E-state index contributed by atoms with van der Waals surface area (Å²) in [7, 11) is 1.55. The largest absolute Gasteiger partial charge is 0.495 e. The van der Waals surface area contributed by atoms with Crippen molar-refractivity contribution in [2.75, 3.05) is 38.6 Å². The third kappa shape index (κ3) is 6.68. The lowest BCUT2D eigenvalue weighted by Gasteiger charge is -2.42. The molecule has 0 radical (unpaired) electrons. The molecule has 2 amide bonds. The number of nitrogens with one attached hydrogen (secondary N) is 2. The zero-order chi connectivity index (χ0) is 19.3. The highest BCUT2D eigenvalue weighted by Gasteiger charge is 2.33. The number of halogens is 1. The van der Waals surface area contributed by atoms with E-state index in [0.717, 1.165) is 25.1 Å². The first-order valence-electron chi connectivity index (χ1n) is 8.90. The van der Waals surface area contributed by atoms with E-state index in [-0.39, 0.29) is 48.8 Å². The van der Waals surface area contributed by atoms with E-state index in [2.05, 4.69) is 29.4 Å². The van der Waals surface area contributed by atoms with E-state index in [1.807, 2.05) is 19.1 Å². The molecule has 27 heavy (non-hydrogen) atoms. The van der Waals surface area contributed by atoms with Crippen LogP contribution in [0.15, 0.2) is 18.2 Å². The molecule has 0 aromatic heterocycles. The Morgan fingerprint density at radius 1 is 1.33 bits per heavy atom. The van der Waals surface area contributed by atoms with Gasteiger partial charge in [0.05, 0.1) is 25.9 Å². The van der Waals surface area contributed by atoms with Gasteiger partial charge >= 0.3 is 0 Å². The highest BCUT2D eigenvalue weighted by atomic mass is 35.5. The number of hydrogen-bond donors (Lipinski definition) is 3. The molecule has 1 unspecified atom stereocenters. The van der Waals surface area contributed by atoms with Crippen LogP contribution in [0.5, 0.6) is 5.75 Å². The minimum atomic E-state index is -0.289. The van der Waals surface area contributed by atoms with Crippen LogP contribution in [-0.4, -0.2) is 56.0 Å². The molecule has 0 bridgehead atoms. The van der Waals surface area contributed by atoms with E-state index in [9.17, 15) is 9.59 Å². The molecule has 1 aliphatic rings. The number of likely N-dealkylation sites (tertiary alicyclic amines) is 1. The predicted octanol–water partition coefficient (Wildman–Crippen LogP) is 1.54. The number of nitrogens with two attached hydrogens (primary N) is 1. The average Bonchev–Trinajstić information content (AvgIpc) is 2.56. The summed E-state index contributed by atoms with van der Waals surface area (Å²) in [6, 6.07) is 5.68. The van der Waals surface area contributed by atoms with Gasteiger partial charge in [0.15, 0.2) is 0 Å². The van der Waals surface area contributed by atoms with Gasteiger partial charge in [-0.1, -0.05) is 19.9 Å². The van der Waals surface area contributed by atoms with Gasteiger partial charge in [-0.05, 0) is 36.5 Å². The molecule has 4 N–H and O–H groups in total. The number of carbonyl (C=O) groups is 2. The van der Waals surface area contributed by atoms with Crippen LogP contribution in [0.1, 0.15) is 25.8 Å². The molecule has 1 fully saturated rings. The fourth-order valence-corrected chi connectivity index (χ4v) is 3.17. The number of aryl methyl sites for hydroxylation is 1. The topological polar surface area (TPSA) is 96.7 Å². The zero-order valence-corrected chi connectivity index (χ0v) is 17.3. The molecule has 0 aliphatic carbocycles. The van der Waals surface area contributed by atoms with Gasteiger partial charge in [-0.2, -0.15) is 0 Å². The smallest absolute Gasteiger partial charge is 0.243 e. The Morgan fingerprint density at radius 2 is 2.04 bits per heavy atom. The number of hydrogen-bond acceptors (Lipinski definition) is 5. The van der Waals surface area contributed by atoms with E-state index in [1.165, 1.54) is 0 Å². The molecule has 0 saturated carbocycles. The first-order chi connectivity index (χ1) is 12.2. The van der Waals surface area contributed by atoms with Crippen molar-refractivity contribution in [3.63, 3.8) is 0 Å². The van der Waals surface area contributed by atoms with Gasteiger partial charge in [0, 0.05) is 19.1 Å². The molecule has 0 spiro atoms. The zero-order valence-electron chi connectivity index (χ0n) is 16.5. The third-order valence-corrected chi connectivity index (χ3v) is 4.83. The minimum Gasteiger partial charge on any atom is -0.495 e. The van der Waals surface area contributed by atoms with Crippen LogP contribution in [0.25, 0.3) is 0 Å². The van der Waals surface area contributed by atoms with Crippen LogP contribution in [-0.2, 0) is 9.59 Å². The lowest BCUT2D eigenvalue weighted by atomic mass is 9.80. The van der Waals surface area contributed by atoms with Crippen molar-refractivity contribution in [3.8, 4) is 5.75 Å². The second-order valence-corrected chi connectivity index (χ2v) is 7.62.